The molecule has 1 heterocycles. The molecule has 0 aliphatic carbocycles. The second-order valence-corrected chi connectivity index (χ2v) is 5.09. The number of fused-ring (bicyclic) bond motifs is 1. The van der Waals surface area contributed by atoms with Gasteiger partial charge in [0.05, 0.1) is 17.4 Å². The molecule has 21 heavy (non-hydrogen) atoms. The fourth-order valence-corrected chi connectivity index (χ4v) is 2.23. The van der Waals surface area contributed by atoms with Crippen molar-refractivity contribution >= 4 is 22.9 Å². The molecule has 1 atom stereocenters. The quantitative estimate of drug-likeness (QED) is 0.786. The van der Waals surface area contributed by atoms with Gasteiger partial charge in [-0.3, -0.25) is 4.79 Å². The molecule has 0 fully saturated rings. The molecule has 0 bridgehead atoms. The van der Waals surface area contributed by atoms with E-state index in [9.17, 15) is 19.1 Å². The number of rotatable bonds is 5. The van der Waals surface area contributed by atoms with Crippen LogP contribution in [0.2, 0.25) is 0 Å². The number of hydrogen-bond donors (Lipinski definition) is 3. The van der Waals surface area contributed by atoms with Crippen molar-refractivity contribution in [3.63, 3.8) is 0 Å². The Bertz CT molecular complexity index is 698. The number of carboxylic acids is 1. The first kappa shape index (κ1) is 15.0. The van der Waals surface area contributed by atoms with Crippen LogP contribution < -0.4 is 5.32 Å². The van der Waals surface area contributed by atoms with Gasteiger partial charge in [-0.1, -0.05) is 13.3 Å². The van der Waals surface area contributed by atoms with Crippen molar-refractivity contribution in [2.24, 2.45) is 0 Å². The Morgan fingerprint density at radius 3 is 2.81 bits per heavy atom. The topological polar surface area (TPSA) is 95.1 Å². The fraction of sp³-hybridized carbons (Fsp3) is 0.357. The number of carbonyl (C=O) groups excluding carboxylic acids is 1. The molecule has 7 heteroatoms. The van der Waals surface area contributed by atoms with Gasteiger partial charge in [0, 0.05) is 0 Å². The van der Waals surface area contributed by atoms with Crippen LogP contribution >= 0.6 is 0 Å². The lowest BCUT2D eigenvalue weighted by atomic mass is 9.95. The van der Waals surface area contributed by atoms with E-state index in [-0.39, 0.29) is 12.0 Å². The normalized spacial score (nSPS) is 13.9. The van der Waals surface area contributed by atoms with Crippen LogP contribution in [0.4, 0.5) is 4.39 Å². The molecule has 0 saturated carbocycles. The predicted molar refractivity (Wildman–Crippen MR) is 74.5 cm³/mol. The van der Waals surface area contributed by atoms with Crippen molar-refractivity contribution in [1.82, 2.24) is 15.3 Å². The lowest BCUT2D eigenvalue weighted by Crippen LogP contribution is -2.52. The van der Waals surface area contributed by atoms with E-state index >= 15 is 0 Å². The first-order valence-corrected chi connectivity index (χ1v) is 6.56. The zero-order valence-electron chi connectivity index (χ0n) is 11.7. The maximum absolute atomic E-state index is 13.5. The highest BCUT2D eigenvalue weighted by Gasteiger charge is 2.34. The zero-order valence-corrected chi connectivity index (χ0v) is 11.7. The van der Waals surface area contributed by atoms with Crippen LogP contribution in [-0.4, -0.2) is 32.5 Å². The number of aliphatic carboxylic acids is 1. The van der Waals surface area contributed by atoms with Crippen LogP contribution in [0.1, 0.15) is 37.0 Å². The molecular weight excluding hydrogens is 277 g/mol. The van der Waals surface area contributed by atoms with Gasteiger partial charge in [0.25, 0.3) is 5.91 Å². The van der Waals surface area contributed by atoms with Crippen LogP contribution in [0.15, 0.2) is 18.5 Å². The summed E-state index contributed by atoms with van der Waals surface area (Å²) in [5.41, 5.74) is -0.707. The minimum absolute atomic E-state index is 0.00910. The fourth-order valence-electron chi connectivity index (χ4n) is 2.23. The highest BCUT2D eigenvalue weighted by molar-refractivity contribution is 6.06. The van der Waals surface area contributed by atoms with Crippen LogP contribution in [-0.2, 0) is 4.79 Å². The van der Waals surface area contributed by atoms with Crippen molar-refractivity contribution in [1.29, 1.82) is 0 Å². The van der Waals surface area contributed by atoms with Gasteiger partial charge >= 0.3 is 5.97 Å². The van der Waals surface area contributed by atoms with E-state index in [0.29, 0.717) is 17.5 Å². The Balaban J connectivity index is 2.38. The van der Waals surface area contributed by atoms with Crippen molar-refractivity contribution < 1.29 is 19.1 Å². The van der Waals surface area contributed by atoms with Crippen LogP contribution in [0.3, 0.4) is 0 Å². The molecule has 6 nitrogen and oxygen atoms in total. The third-order valence-corrected chi connectivity index (χ3v) is 3.34. The third kappa shape index (κ3) is 2.86. The Labute approximate surface area is 120 Å². The standard InChI is InChI=1S/C14H16FN3O3/c1-3-4-14(2,13(20)21)18-12(19)9-5-8(15)6-10-11(9)17-7-16-10/h5-7H,3-4H2,1-2H3,(H,16,17)(H,18,19)(H,20,21). The number of nitrogens with one attached hydrogen (secondary N) is 2. The zero-order chi connectivity index (χ0) is 15.6. The lowest BCUT2D eigenvalue weighted by molar-refractivity contribution is -0.144. The number of aromatic amines is 1. The molecule has 3 N–H and O–H groups in total. The molecule has 2 rings (SSSR count). The maximum atomic E-state index is 13.5. The van der Waals surface area contributed by atoms with Crippen molar-refractivity contribution in [3.05, 3.63) is 29.8 Å². The largest absolute Gasteiger partial charge is 0.480 e. The van der Waals surface area contributed by atoms with Gasteiger partial charge in [-0.2, -0.15) is 0 Å². The van der Waals surface area contributed by atoms with Gasteiger partial charge < -0.3 is 15.4 Å². The van der Waals surface area contributed by atoms with Gasteiger partial charge in [-0.15, -0.1) is 0 Å². The number of H-pyrrole nitrogens is 1. The number of benzene rings is 1. The van der Waals surface area contributed by atoms with E-state index in [1.165, 1.54) is 19.3 Å². The van der Waals surface area contributed by atoms with Crippen molar-refractivity contribution in [2.75, 3.05) is 0 Å². The summed E-state index contributed by atoms with van der Waals surface area (Å²) < 4.78 is 13.5. The number of hydrogen-bond acceptors (Lipinski definition) is 3. The molecule has 2 aromatic rings. The Morgan fingerprint density at radius 2 is 2.19 bits per heavy atom. The second kappa shape index (κ2) is 5.51. The molecule has 0 spiro atoms. The first-order valence-electron chi connectivity index (χ1n) is 6.56. The molecule has 0 radical (unpaired) electrons. The summed E-state index contributed by atoms with van der Waals surface area (Å²) >= 11 is 0. The van der Waals surface area contributed by atoms with Crippen LogP contribution in [0.25, 0.3) is 11.0 Å². The maximum Gasteiger partial charge on any atom is 0.329 e. The number of aromatic nitrogens is 2. The van der Waals surface area contributed by atoms with Gasteiger partial charge in [0.2, 0.25) is 0 Å². The Kier molecular flexibility index (Phi) is 3.93. The molecule has 112 valence electrons. The van der Waals surface area contributed by atoms with E-state index < -0.39 is 23.2 Å². The van der Waals surface area contributed by atoms with Crippen molar-refractivity contribution in [3.8, 4) is 0 Å². The highest BCUT2D eigenvalue weighted by Crippen LogP contribution is 2.19. The summed E-state index contributed by atoms with van der Waals surface area (Å²) in [6.07, 6.45) is 2.21. The first-order chi connectivity index (χ1) is 9.87. The summed E-state index contributed by atoms with van der Waals surface area (Å²) in [6.45, 7) is 3.25. The average molecular weight is 293 g/mol. The smallest absolute Gasteiger partial charge is 0.329 e. The minimum atomic E-state index is -1.40. The monoisotopic (exact) mass is 293 g/mol. The van der Waals surface area contributed by atoms with Gasteiger partial charge in [0.15, 0.2) is 0 Å². The molecule has 0 aliphatic heterocycles. The summed E-state index contributed by atoms with van der Waals surface area (Å²) in [6, 6.07) is 2.27. The summed E-state index contributed by atoms with van der Waals surface area (Å²) in [4.78, 5) is 30.3. The summed E-state index contributed by atoms with van der Waals surface area (Å²) in [5.74, 6) is -2.39. The third-order valence-electron chi connectivity index (χ3n) is 3.34. The summed E-state index contributed by atoms with van der Waals surface area (Å²) in [5, 5.41) is 11.7. The number of carboxylic acid groups (broad SMARTS) is 1. The van der Waals surface area contributed by atoms with Gasteiger partial charge in [0.1, 0.15) is 16.9 Å². The Hall–Kier alpha value is -2.44. The van der Waals surface area contributed by atoms with E-state index in [0.717, 1.165) is 6.07 Å². The number of imidazole rings is 1. The summed E-state index contributed by atoms with van der Waals surface area (Å²) in [7, 11) is 0. The minimum Gasteiger partial charge on any atom is -0.480 e. The highest BCUT2D eigenvalue weighted by atomic mass is 19.1. The Morgan fingerprint density at radius 1 is 1.48 bits per heavy atom. The molecule has 1 aromatic heterocycles. The second-order valence-electron chi connectivity index (χ2n) is 5.09. The molecular formula is C14H16FN3O3. The van der Waals surface area contributed by atoms with E-state index in [2.05, 4.69) is 15.3 Å². The lowest BCUT2D eigenvalue weighted by Gasteiger charge is -2.25. The molecule has 1 unspecified atom stereocenters. The number of amides is 1. The van der Waals surface area contributed by atoms with E-state index in [4.69, 9.17) is 0 Å². The number of halogens is 1. The number of nitrogens with zero attached hydrogens (tertiary/aromatic N) is 1. The SMILES string of the molecule is CCCC(C)(NC(=O)c1cc(F)cc2[nH]cnc12)C(=O)O. The van der Waals surface area contributed by atoms with E-state index in [1.807, 2.05) is 6.92 Å². The number of carbonyl (C=O) groups is 2. The molecule has 0 aliphatic rings. The molecule has 1 aromatic carbocycles. The van der Waals surface area contributed by atoms with Crippen molar-refractivity contribution in [2.45, 2.75) is 32.2 Å². The van der Waals surface area contributed by atoms with Crippen LogP contribution in [0.5, 0.6) is 0 Å². The molecule has 1 amide bonds. The molecule has 0 saturated heterocycles. The average Bonchev–Trinajstić information content (AvgIpc) is 2.85. The van der Waals surface area contributed by atoms with Crippen LogP contribution in [0, 0.1) is 5.82 Å². The van der Waals surface area contributed by atoms with Gasteiger partial charge in [-0.05, 0) is 25.5 Å². The van der Waals surface area contributed by atoms with E-state index in [1.54, 1.807) is 0 Å². The predicted octanol–water partition coefficient (Wildman–Crippen LogP) is 2.08. The van der Waals surface area contributed by atoms with Gasteiger partial charge in [-0.25, -0.2) is 14.2 Å².